The molecular formula is C19H16O2S. The first-order chi connectivity index (χ1) is 10.8. The van der Waals surface area contributed by atoms with Gasteiger partial charge in [0.1, 0.15) is 0 Å². The van der Waals surface area contributed by atoms with E-state index >= 15 is 0 Å². The summed E-state index contributed by atoms with van der Waals surface area (Å²) in [6.07, 6.45) is 0. The Hall–Kier alpha value is -2.39. The van der Waals surface area contributed by atoms with Crippen LogP contribution in [0.4, 0.5) is 0 Å². The lowest BCUT2D eigenvalue weighted by molar-refractivity contribution is 0.0528. The predicted octanol–water partition coefficient (Wildman–Crippen LogP) is 5.26. The first-order valence-corrected chi connectivity index (χ1v) is 8.08. The van der Waals surface area contributed by atoms with Crippen LogP contribution in [0.15, 0.2) is 66.0 Å². The molecule has 2 aromatic carbocycles. The van der Waals surface area contributed by atoms with Gasteiger partial charge in [0.25, 0.3) is 0 Å². The van der Waals surface area contributed by atoms with Crippen LogP contribution in [0.2, 0.25) is 0 Å². The number of carbonyl (C=O) groups is 1. The molecule has 0 aliphatic heterocycles. The zero-order valence-electron chi connectivity index (χ0n) is 12.3. The van der Waals surface area contributed by atoms with Crippen LogP contribution in [0.25, 0.3) is 21.6 Å². The van der Waals surface area contributed by atoms with Gasteiger partial charge in [-0.3, -0.25) is 0 Å². The Morgan fingerprint density at radius 3 is 2.14 bits per heavy atom. The summed E-state index contributed by atoms with van der Waals surface area (Å²) in [6, 6.07) is 20.1. The summed E-state index contributed by atoms with van der Waals surface area (Å²) in [5.41, 5.74) is 3.74. The second kappa shape index (κ2) is 6.58. The van der Waals surface area contributed by atoms with Gasteiger partial charge in [0, 0.05) is 15.8 Å². The van der Waals surface area contributed by atoms with Crippen molar-refractivity contribution >= 4 is 17.3 Å². The van der Waals surface area contributed by atoms with Crippen LogP contribution in [0.1, 0.15) is 17.3 Å². The number of hydrogen-bond acceptors (Lipinski definition) is 3. The largest absolute Gasteiger partial charge is 0.462 e. The molecular weight excluding hydrogens is 292 g/mol. The van der Waals surface area contributed by atoms with Crippen molar-refractivity contribution in [2.24, 2.45) is 0 Å². The lowest BCUT2D eigenvalue weighted by Crippen LogP contribution is -2.04. The molecule has 3 aromatic rings. The van der Waals surface area contributed by atoms with Crippen molar-refractivity contribution in [1.82, 2.24) is 0 Å². The van der Waals surface area contributed by atoms with Gasteiger partial charge in [-0.2, -0.15) is 0 Å². The van der Waals surface area contributed by atoms with E-state index in [1.54, 1.807) is 11.3 Å². The zero-order valence-corrected chi connectivity index (χ0v) is 13.1. The molecule has 0 unspecified atom stereocenters. The van der Waals surface area contributed by atoms with Crippen molar-refractivity contribution in [2.45, 2.75) is 6.92 Å². The molecule has 3 heteroatoms. The van der Waals surface area contributed by atoms with Crippen molar-refractivity contribution in [3.63, 3.8) is 0 Å². The van der Waals surface area contributed by atoms with Crippen molar-refractivity contribution in [2.75, 3.05) is 6.61 Å². The fraction of sp³-hybridized carbons (Fsp3) is 0.105. The first-order valence-electron chi connectivity index (χ1n) is 7.20. The number of thiophene rings is 1. The Morgan fingerprint density at radius 2 is 1.55 bits per heavy atom. The van der Waals surface area contributed by atoms with Gasteiger partial charge < -0.3 is 4.74 Å². The van der Waals surface area contributed by atoms with Crippen LogP contribution in [-0.4, -0.2) is 12.6 Å². The van der Waals surface area contributed by atoms with Crippen LogP contribution in [0, 0.1) is 0 Å². The molecule has 0 bridgehead atoms. The lowest BCUT2D eigenvalue weighted by Gasteiger charge is -2.08. The summed E-state index contributed by atoms with van der Waals surface area (Å²) in [6.45, 7) is 2.20. The summed E-state index contributed by atoms with van der Waals surface area (Å²) >= 11 is 1.58. The quantitative estimate of drug-likeness (QED) is 0.615. The molecule has 0 aliphatic rings. The van der Waals surface area contributed by atoms with Crippen molar-refractivity contribution < 1.29 is 9.53 Å². The van der Waals surface area contributed by atoms with Crippen LogP contribution in [0.5, 0.6) is 0 Å². The van der Waals surface area contributed by atoms with Crippen LogP contribution in [-0.2, 0) is 4.74 Å². The summed E-state index contributed by atoms with van der Waals surface area (Å²) in [5.74, 6) is -0.264. The highest BCUT2D eigenvalue weighted by Gasteiger charge is 2.20. The van der Waals surface area contributed by atoms with E-state index in [0.29, 0.717) is 12.2 Å². The maximum atomic E-state index is 12.3. The molecule has 110 valence electrons. The SMILES string of the molecule is CCOC(=O)c1csc(-c2ccccc2)c1-c1ccccc1. The third-order valence-corrected chi connectivity index (χ3v) is 4.41. The minimum absolute atomic E-state index is 0.264. The summed E-state index contributed by atoms with van der Waals surface area (Å²) in [4.78, 5) is 13.4. The van der Waals surface area contributed by atoms with Gasteiger partial charge in [0.05, 0.1) is 12.2 Å². The topological polar surface area (TPSA) is 26.3 Å². The van der Waals surface area contributed by atoms with E-state index in [9.17, 15) is 4.79 Å². The average Bonchev–Trinajstić information content (AvgIpc) is 3.02. The lowest BCUT2D eigenvalue weighted by atomic mass is 9.98. The number of benzene rings is 2. The molecule has 0 saturated carbocycles. The Morgan fingerprint density at radius 1 is 0.955 bits per heavy atom. The van der Waals surface area contributed by atoms with E-state index < -0.39 is 0 Å². The van der Waals surface area contributed by atoms with Gasteiger partial charge in [-0.1, -0.05) is 60.7 Å². The minimum Gasteiger partial charge on any atom is -0.462 e. The fourth-order valence-electron chi connectivity index (χ4n) is 2.41. The van der Waals surface area contributed by atoms with Gasteiger partial charge >= 0.3 is 5.97 Å². The van der Waals surface area contributed by atoms with Gasteiger partial charge in [0.2, 0.25) is 0 Å². The van der Waals surface area contributed by atoms with Crippen LogP contribution in [0.3, 0.4) is 0 Å². The summed E-state index contributed by atoms with van der Waals surface area (Å²) < 4.78 is 5.21. The molecule has 3 rings (SSSR count). The Kier molecular flexibility index (Phi) is 4.35. The van der Waals surface area contributed by atoms with Gasteiger partial charge in [-0.05, 0) is 18.1 Å². The molecule has 0 amide bonds. The molecule has 0 aliphatic carbocycles. The fourth-order valence-corrected chi connectivity index (χ4v) is 3.48. The zero-order chi connectivity index (χ0) is 15.4. The van der Waals surface area contributed by atoms with Gasteiger partial charge in [0.15, 0.2) is 0 Å². The molecule has 0 N–H and O–H groups in total. The number of ether oxygens (including phenoxy) is 1. The molecule has 0 atom stereocenters. The van der Waals surface area contributed by atoms with Crippen LogP contribution < -0.4 is 0 Å². The highest BCUT2D eigenvalue weighted by Crippen LogP contribution is 2.40. The Labute approximate surface area is 134 Å². The normalized spacial score (nSPS) is 10.4. The average molecular weight is 308 g/mol. The van der Waals surface area contributed by atoms with Crippen molar-refractivity contribution in [3.05, 3.63) is 71.6 Å². The number of esters is 1. The highest BCUT2D eigenvalue weighted by atomic mass is 32.1. The van der Waals surface area contributed by atoms with E-state index in [-0.39, 0.29) is 5.97 Å². The minimum atomic E-state index is -0.264. The predicted molar refractivity (Wildman–Crippen MR) is 91.1 cm³/mol. The maximum Gasteiger partial charge on any atom is 0.339 e. The number of rotatable bonds is 4. The molecule has 1 aromatic heterocycles. The van der Waals surface area contributed by atoms with Gasteiger partial charge in [-0.15, -0.1) is 11.3 Å². The number of hydrogen-bond donors (Lipinski definition) is 0. The Bertz CT molecular complexity index is 761. The van der Waals surface area contributed by atoms with Crippen LogP contribution >= 0.6 is 11.3 Å². The summed E-state index contributed by atoms with van der Waals surface area (Å²) in [5, 5.41) is 1.89. The standard InChI is InChI=1S/C19H16O2S/c1-2-21-19(20)16-13-22-18(15-11-7-4-8-12-15)17(16)14-9-5-3-6-10-14/h3-13H,2H2,1H3. The van der Waals surface area contributed by atoms with Gasteiger partial charge in [-0.25, -0.2) is 4.79 Å². The van der Waals surface area contributed by atoms with E-state index in [1.807, 2.05) is 60.8 Å². The molecule has 0 radical (unpaired) electrons. The third-order valence-electron chi connectivity index (χ3n) is 3.38. The second-order valence-electron chi connectivity index (χ2n) is 4.81. The molecule has 1 heterocycles. The monoisotopic (exact) mass is 308 g/mol. The molecule has 0 saturated heterocycles. The molecule has 22 heavy (non-hydrogen) atoms. The van der Waals surface area contributed by atoms with Crippen molar-refractivity contribution in [3.8, 4) is 21.6 Å². The molecule has 0 spiro atoms. The maximum absolute atomic E-state index is 12.3. The summed E-state index contributed by atoms with van der Waals surface area (Å²) in [7, 11) is 0. The first kappa shape index (κ1) is 14.5. The van der Waals surface area contributed by atoms with Crippen molar-refractivity contribution in [1.29, 1.82) is 0 Å². The highest BCUT2D eigenvalue weighted by molar-refractivity contribution is 7.14. The Balaban J connectivity index is 2.18. The van der Waals surface area contributed by atoms with E-state index in [1.165, 1.54) is 0 Å². The molecule has 2 nitrogen and oxygen atoms in total. The number of carbonyl (C=O) groups excluding carboxylic acids is 1. The van der Waals surface area contributed by atoms with E-state index in [4.69, 9.17) is 4.74 Å². The third kappa shape index (κ3) is 2.81. The molecule has 0 fully saturated rings. The van der Waals surface area contributed by atoms with E-state index in [2.05, 4.69) is 12.1 Å². The van der Waals surface area contributed by atoms with E-state index in [0.717, 1.165) is 21.6 Å². The second-order valence-corrected chi connectivity index (χ2v) is 5.69. The smallest absolute Gasteiger partial charge is 0.339 e.